The van der Waals surface area contributed by atoms with Crippen LogP contribution in [0.4, 0.5) is 0 Å². The molecule has 0 saturated carbocycles. The van der Waals surface area contributed by atoms with Crippen molar-refractivity contribution in [2.24, 2.45) is 0 Å². The van der Waals surface area contributed by atoms with Crippen LogP contribution < -0.4 is 0 Å². The highest BCUT2D eigenvalue weighted by Gasteiger charge is 2.21. The monoisotopic (exact) mass is 421 g/mol. The lowest BCUT2D eigenvalue weighted by Gasteiger charge is -2.13. The van der Waals surface area contributed by atoms with Crippen LogP contribution in [-0.4, -0.2) is 26.2 Å². The molecule has 2 heterocycles. The molecule has 27 heavy (non-hydrogen) atoms. The lowest BCUT2D eigenvalue weighted by Crippen LogP contribution is -2.08. The number of aliphatic hydroxyl groups excluding tert-OH is 1. The van der Waals surface area contributed by atoms with Gasteiger partial charge in [-0.2, -0.15) is 0 Å². The third-order valence-electron chi connectivity index (χ3n) is 4.02. The van der Waals surface area contributed by atoms with E-state index in [-0.39, 0.29) is 12.5 Å². The van der Waals surface area contributed by atoms with Gasteiger partial charge >= 0.3 is 0 Å². The molecule has 0 atom stereocenters. The van der Waals surface area contributed by atoms with Crippen molar-refractivity contribution in [1.29, 1.82) is 0 Å². The summed E-state index contributed by atoms with van der Waals surface area (Å²) >= 11 is 14.0. The molecule has 0 aliphatic rings. The van der Waals surface area contributed by atoms with Crippen molar-refractivity contribution in [3.05, 3.63) is 69.9 Å². The van der Waals surface area contributed by atoms with E-state index in [1.807, 2.05) is 30.5 Å². The largest absolute Gasteiger partial charge is 0.396 e. The maximum absolute atomic E-state index is 9.50. The number of aliphatic hydroxyl groups is 1. The summed E-state index contributed by atoms with van der Waals surface area (Å²) in [5.74, 6) is 1.11. The quantitative estimate of drug-likeness (QED) is 0.551. The Bertz CT molecular complexity index is 893. The van der Waals surface area contributed by atoms with Crippen LogP contribution in [0.1, 0.15) is 36.8 Å². The number of nitrogens with zero attached hydrogens (tertiary/aromatic N) is 3. The van der Waals surface area contributed by atoms with Gasteiger partial charge in [-0.1, -0.05) is 54.9 Å². The van der Waals surface area contributed by atoms with Gasteiger partial charge in [0.15, 0.2) is 0 Å². The summed E-state index contributed by atoms with van der Waals surface area (Å²) in [7, 11) is 0. The van der Waals surface area contributed by atoms with Crippen molar-refractivity contribution in [1.82, 2.24) is 14.5 Å². The molecule has 3 rings (SSSR count). The predicted molar refractivity (Wildman–Crippen MR) is 111 cm³/mol. The minimum absolute atomic E-state index is 0.0503. The molecule has 0 aliphatic heterocycles. The van der Waals surface area contributed by atoms with Crippen LogP contribution in [0.3, 0.4) is 0 Å². The molecular formula is C20H21Cl2N3OS. The van der Waals surface area contributed by atoms with E-state index in [1.165, 1.54) is 0 Å². The zero-order valence-corrected chi connectivity index (χ0v) is 17.5. The van der Waals surface area contributed by atoms with Crippen LogP contribution in [0.5, 0.6) is 0 Å². The number of hydrogen-bond donors (Lipinski definition) is 1. The van der Waals surface area contributed by atoms with Crippen molar-refractivity contribution in [2.45, 2.75) is 42.7 Å². The summed E-state index contributed by atoms with van der Waals surface area (Å²) in [5.41, 5.74) is 2.08. The molecule has 1 N–H and O–H groups in total. The summed E-state index contributed by atoms with van der Waals surface area (Å²) in [6.07, 6.45) is 4.11. The van der Waals surface area contributed by atoms with Crippen LogP contribution in [0, 0.1) is 0 Å². The molecule has 0 unspecified atom stereocenters. The number of halogens is 2. The van der Waals surface area contributed by atoms with E-state index >= 15 is 0 Å². The van der Waals surface area contributed by atoms with Crippen LogP contribution in [-0.2, 0) is 13.0 Å². The van der Waals surface area contributed by atoms with E-state index in [1.54, 1.807) is 24.0 Å². The van der Waals surface area contributed by atoms with Gasteiger partial charge in [0.05, 0.1) is 18.8 Å². The fraction of sp³-hybridized carbons (Fsp3) is 0.300. The molecule has 0 aliphatic carbocycles. The molecule has 4 nitrogen and oxygen atoms in total. The van der Waals surface area contributed by atoms with Gasteiger partial charge in [-0.3, -0.25) is 4.98 Å². The Kier molecular flexibility index (Phi) is 6.82. The van der Waals surface area contributed by atoms with E-state index < -0.39 is 0 Å². The zero-order valence-electron chi connectivity index (χ0n) is 15.2. The molecule has 0 radical (unpaired) electrons. The Morgan fingerprint density at radius 2 is 1.93 bits per heavy atom. The van der Waals surface area contributed by atoms with Gasteiger partial charge in [-0.25, -0.2) is 4.98 Å². The Hall–Kier alpha value is -1.53. The standard InChI is InChI=1S/C20H21Cl2N3OS/c1-13(2)19-20(27-17-9-15(21)8-16(22)10-17)25(18(24-19)5-7-26)12-14-4-3-6-23-11-14/h3-4,6,8-11,13,26H,5,7,12H2,1-2H3. The summed E-state index contributed by atoms with van der Waals surface area (Å²) in [6, 6.07) is 9.48. The maximum atomic E-state index is 9.50. The Morgan fingerprint density at radius 3 is 2.52 bits per heavy atom. The summed E-state index contributed by atoms with van der Waals surface area (Å²) in [6.45, 7) is 4.93. The zero-order chi connectivity index (χ0) is 19.4. The second kappa shape index (κ2) is 9.11. The molecule has 7 heteroatoms. The number of aromatic nitrogens is 3. The second-order valence-electron chi connectivity index (χ2n) is 6.50. The molecule has 142 valence electrons. The minimum atomic E-state index is 0.0503. The Labute approximate surface area is 173 Å². The number of rotatable bonds is 7. The third kappa shape index (κ3) is 5.05. The first-order chi connectivity index (χ1) is 13.0. The predicted octanol–water partition coefficient (Wildman–Crippen LogP) is 5.44. The van der Waals surface area contributed by atoms with Crippen molar-refractivity contribution in [3.63, 3.8) is 0 Å². The van der Waals surface area contributed by atoms with Crippen molar-refractivity contribution < 1.29 is 5.11 Å². The second-order valence-corrected chi connectivity index (χ2v) is 8.44. The molecule has 0 spiro atoms. The molecule has 0 amide bonds. The van der Waals surface area contributed by atoms with E-state index in [9.17, 15) is 5.11 Å². The number of imidazole rings is 1. The summed E-state index contributed by atoms with van der Waals surface area (Å²) < 4.78 is 2.15. The SMILES string of the molecule is CC(C)c1nc(CCO)n(Cc2cccnc2)c1Sc1cc(Cl)cc(Cl)c1. The molecule has 0 fully saturated rings. The molecule has 2 aromatic heterocycles. The smallest absolute Gasteiger partial charge is 0.112 e. The van der Waals surface area contributed by atoms with E-state index in [0.29, 0.717) is 23.0 Å². The number of benzene rings is 1. The van der Waals surface area contributed by atoms with Gasteiger partial charge in [0.2, 0.25) is 0 Å². The van der Waals surface area contributed by atoms with Crippen molar-refractivity contribution in [3.8, 4) is 0 Å². The van der Waals surface area contributed by atoms with Crippen LogP contribution >= 0.6 is 35.0 Å². The topological polar surface area (TPSA) is 50.9 Å². The van der Waals surface area contributed by atoms with Gasteiger partial charge in [0.1, 0.15) is 10.9 Å². The first kappa shape index (κ1) is 20.2. The van der Waals surface area contributed by atoms with Crippen LogP contribution in [0.2, 0.25) is 10.0 Å². The minimum Gasteiger partial charge on any atom is -0.396 e. The van der Waals surface area contributed by atoms with E-state index in [2.05, 4.69) is 23.4 Å². The van der Waals surface area contributed by atoms with E-state index in [4.69, 9.17) is 28.2 Å². The molecule has 3 aromatic rings. The van der Waals surface area contributed by atoms with Gasteiger partial charge in [-0.15, -0.1) is 0 Å². The molecule has 0 bridgehead atoms. The highest BCUT2D eigenvalue weighted by molar-refractivity contribution is 7.99. The van der Waals surface area contributed by atoms with Gasteiger partial charge in [-0.05, 0) is 35.7 Å². The molecular weight excluding hydrogens is 401 g/mol. The summed E-state index contributed by atoms with van der Waals surface area (Å²) in [4.78, 5) is 10.00. The lowest BCUT2D eigenvalue weighted by atomic mass is 10.1. The van der Waals surface area contributed by atoms with Crippen molar-refractivity contribution in [2.75, 3.05) is 6.61 Å². The first-order valence-corrected chi connectivity index (χ1v) is 10.3. The van der Waals surface area contributed by atoms with Crippen LogP contribution in [0.25, 0.3) is 0 Å². The Morgan fingerprint density at radius 1 is 1.19 bits per heavy atom. The van der Waals surface area contributed by atoms with E-state index in [0.717, 1.165) is 27.0 Å². The fourth-order valence-corrected chi connectivity index (χ4v) is 4.73. The van der Waals surface area contributed by atoms with Gasteiger partial charge in [0.25, 0.3) is 0 Å². The van der Waals surface area contributed by atoms with Gasteiger partial charge < -0.3 is 9.67 Å². The Balaban J connectivity index is 2.08. The first-order valence-electron chi connectivity index (χ1n) is 8.71. The highest BCUT2D eigenvalue weighted by Crippen LogP contribution is 2.37. The maximum Gasteiger partial charge on any atom is 0.112 e. The fourth-order valence-electron chi connectivity index (χ4n) is 2.81. The third-order valence-corrected chi connectivity index (χ3v) is 5.55. The molecule has 1 aromatic carbocycles. The average Bonchev–Trinajstić information content (AvgIpc) is 2.93. The number of pyridine rings is 1. The number of hydrogen-bond acceptors (Lipinski definition) is 4. The van der Waals surface area contributed by atoms with Crippen LogP contribution in [0.15, 0.2) is 52.6 Å². The van der Waals surface area contributed by atoms with Crippen molar-refractivity contribution >= 4 is 35.0 Å². The average molecular weight is 422 g/mol. The lowest BCUT2D eigenvalue weighted by molar-refractivity contribution is 0.294. The highest BCUT2D eigenvalue weighted by atomic mass is 35.5. The summed E-state index contributed by atoms with van der Waals surface area (Å²) in [5, 5.41) is 11.7. The molecule has 0 saturated heterocycles. The van der Waals surface area contributed by atoms with Gasteiger partial charge in [0, 0.05) is 33.8 Å². The normalized spacial score (nSPS) is 11.3.